The third-order valence-electron chi connectivity index (χ3n) is 5.43. The zero-order chi connectivity index (χ0) is 22.4. The lowest BCUT2D eigenvalue weighted by atomic mass is 10.0. The number of rotatable bonds is 8. The average molecular weight is 449 g/mol. The van der Waals surface area contributed by atoms with Crippen LogP contribution in [0.4, 0.5) is 0 Å². The lowest BCUT2D eigenvalue weighted by molar-refractivity contribution is -0.140. The molecule has 1 N–H and O–H groups in total. The Kier molecular flexibility index (Phi) is 8.75. The highest BCUT2D eigenvalue weighted by Crippen LogP contribution is 2.24. The highest BCUT2D eigenvalue weighted by molar-refractivity contribution is 6.42. The van der Waals surface area contributed by atoms with Crippen molar-refractivity contribution in [2.45, 2.75) is 66.1 Å². The first-order valence-electron chi connectivity index (χ1n) is 10.2. The van der Waals surface area contributed by atoms with Crippen molar-refractivity contribution >= 4 is 35.0 Å². The zero-order valence-corrected chi connectivity index (χ0v) is 19.8. The maximum absolute atomic E-state index is 13.3. The number of halogens is 2. The highest BCUT2D eigenvalue weighted by atomic mass is 35.5. The lowest BCUT2D eigenvalue weighted by Gasteiger charge is -2.30. The van der Waals surface area contributed by atoms with Crippen LogP contribution in [0.5, 0.6) is 0 Å². The second-order valence-corrected chi connectivity index (χ2v) is 8.67. The van der Waals surface area contributed by atoms with E-state index in [2.05, 4.69) is 5.32 Å². The highest BCUT2D eigenvalue weighted by Gasteiger charge is 2.27. The van der Waals surface area contributed by atoms with Crippen molar-refractivity contribution in [2.75, 3.05) is 0 Å². The quantitative estimate of drug-likeness (QED) is 0.580. The fourth-order valence-electron chi connectivity index (χ4n) is 3.07. The van der Waals surface area contributed by atoms with Crippen LogP contribution in [0.1, 0.15) is 49.4 Å². The van der Waals surface area contributed by atoms with Gasteiger partial charge in [-0.15, -0.1) is 0 Å². The van der Waals surface area contributed by atoms with Gasteiger partial charge in [0.25, 0.3) is 0 Å². The molecule has 4 nitrogen and oxygen atoms in total. The van der Waals surface area contributed by atoms with Crippen LogP contribution in [-0.4, -0.2) is 28.8 Å². The van der Waals surface area contributed by atoms with Gasteiger partial charge < -0.3 is 10.2 Å². The summed E-state index contributed by atoms with van der Waals surface area (Å²) in [6.07, 6.45) is 1.05. The van der Waals surface area contributed by atoms with Gasteiger partial charge in [0, 0.05) is 12.6 Å². The molecule has 0 aromatic heterocycles. The van der Waals surface area contributed by atoms with Crippen molar-refractivity contribution < 1.29 is 9.59 Å². The Morgan fingerprint density at radius 1 is 0.967 bits per heavy atom. The van der Waals surface area contributed by atoms with Crippen LogP contribution in [0.3, 0.4) is 0 Å². The van der Waals surface area contributed by atoms with E-state index in [0.717, 1.165) is 23.1 Å². The molecular formula is C24H30Cl2N2O2. The lowest BCUT2D eigenvalue weighted by Crippen LogP contribution is -2.49. The van der Waals surface area contributed by atoms with Gasteiger partial charge in [-0.05, 0) is 68.5 Å². The van der Waals surface area contributed by atoms with E-state index in [1.807, 2.05) is 52.0 Å². The van der Waals surface area contributed by atoms with Crippen LogP contribution >= 0.6 is 23.2 Å². The minimum absolute atomic E-state index is 0.0432. The number of carbonyl (C=O) groups excluding carboxylic acids is 2. The molecule has 0 aliphatic heterocycles. The fraction of sp³-hybridized carbons (Fsp3) is 0.417. The fourth-order valence-corrected chi connectivity index (χ4v) is 3.39. The molecule has 0 aliphatic rings. The topological polar surface area (TPSA) is 49.4 Å². The summed E-state index contributed by atoms with van der Waals surface area (Å²) in [6.45, 7) is 10.1. The number of nitrogens with zero attached hydrogens (tertiary/aromatic N) is 1. The Balaban J connectivity index is 2.28. The van der Waals surface area contributed by atoms with Crippen molar-refractivity contribution in [3.8, 4) is 0 Å². The molecule has 2 rings (SSSR count). The van der Waals surface area contributed by atoms with Crippen LogP contribution in [0.25, 0.3) is 0 Å². The first-order valence-corrected chi connectivity index (χ1v) is 11.0. The molecule has 2 atom stereocenters. The Hall–Kier alpha value is -2.04. The Labute approximate surface area is 189 Å². The van der Waals surface area contributed by atoms with E-state index < -0.39 is 6.04 Å². The molecule has 2 unspecified atom stereocenters. The van der Waals surface area contributed by atoms with E-state index in [4.69, 9.17) is 23.2 Å². The smallest absolute Gasteiger partial charge is 0.242 e. The maximum atomic E-state index is 13.3. The summed E-state index contributed by atoms with van der Waals surface area (Å²) in [6, 6.07) is 10.7. The molecule has 2 aromatic carbocycles. The largest absolute Gasteiger partial charge is 0.352 e. The molecule has 0 fully saturated rings. The average Bonchev–Trinajstić information content (AvgIpc) is 2.70. The van der Waals surface area contributed by atoms with Crippen LogP contribution in [0.2, 0.25) is 10.0 Å². The number of amides is 2. The summed E-state index contributed by atoms with van der Waals surface area (Å²) in [5, 5.41) is 3.85. The van der Waals surface area contributed by atoms with Gasteiger partial charge >= 0.3 is 0 Å². The van der Waals surface area contributed by atoms with Gasteiger partial charge in [0.1, 0.15) is 6.04 Å². The summed E-state index contributed by atoms with van der Waals surface area (Å²) in [7, 11) is 0. The summed E-state index contributed by atoms with van der Waals surface area (Å²) < 4.78 is 0. The van der Waals surface area contributed by atoms with Gasteiger partial charge in [-0.2, -0.15) is 0 Å². The van der Waals surface area contributed by atoms with Crippen molar-refractivity contribution in [1.82, 2.24) is 10.2 Å². The van der Waals surface area contributed by atoms with Gasteiger partial charge in [0.05, 0.1) is 16.5 Å². The number of hydrogen-bond acceptors (Lipinski definition) is 2. The molecule has 2 aromatic rings. The van der Waals surface area contributed by atoms with Crippen LogP contribution in [-0.2, 0) is 22.6 Å². The van der Waals surface area contributed by atoms with E-state index in [9.17, 15) is 9.59 Å². The first kappa shape index (κ1) is 24.2. The molecule has 0 heterocycles. The van der Waals surface area contributed by atoms with E-state index in [0.29, 0.717) is 10.0 Å². The Morgan fingerprint density at radius 2 is 1.63 bits per heavy atom. The molecule has 0 spiro atoms. The third kappa shape index (κ3) is 6.48. The molecule has 0 saturated heterocycles. The first-order chi connectivity index (χ1) is 14.1. The molecule has 162 valence electrons. The van der Waals surface area contributed by atoms with Gasteiger partial charge in [0.15, 0.2) is 0 Å². The number of hydrogen-bond donors (Lipinski definition) is 1. The molecule has 0 bridgehead atoms. The van der Waals surface area contributed by atoms with E-state index >= 15 is 0 Å². The van der Waals surface area contributed by atoms with Gasteiger partial charge in [-0.3, -0.25) is 9.59 Å². The Bertz CT molecular complexity index is 914. The van der Waals surface area contributed by atoms with Crippen molar-refractivity contribution in [2.24, 2.45) is 0 Å². The molecular weight excluding hydrogens is 419 g/mol. The number of aryl methyl sites for hydroxylation is 2. The summed E-state index contributed by atoms with van der Waals surface area (Å²) >= 11 is 12.2. The molecule has 2 amide bonds. The standard InChI is InChI=1S/C24H30Cl2N2O2/c1-6-17(4)27-24(30)18(5)28(14-20-9-10-21(25)22(26)12-20)23(29)13-19-8-7-15(2)16(3)11-19/h7-12,17-18H,6,13-14H2,1-5H3,(H,27,30). The van der Waals surface area contributed by atoms with Gasteiger partial charge in [0.2, 0.25) is 11.8 Å². The van der Waals surface area contributed by atoms with Crippen molar-refractivity contribution in [1.29, 1.82) is 0 Å². The van der Waals surface area contributed by atoms with E-state index in [1.165, 1.54) is 5.56 Å². The monoisotopic (exact) mass is 448 g/mol. The summed E-state index contributed by atoms with van der Waals surface area (Å²) in [4.78, 5) is 27.6. The van der Waals surface area contributed by atoms with Gasteiger partial charge in [-0.25, -0.2) is 0 Å². The number of carbonyl (C=O) groups is 2. The predicted molar refractivity (Wildman–Crippen MR) is 124 cm³/mol. The predicted octanol–water partition coefficient (Wildman–Crippen LogP) is 5.48. The molecule has 30 heavy (non-hydrogen) atoms. The van der Waals surface area contributed by atoms with Crippen molar-refractivity contribution in [3.63, 3.8) is 0 Å². The SMILES string of the molecule is CCC(C)NC(=O)C(C)N(Cc1ccc(Cl)c(Cl)c1)C(=O)Cc1ccc(C)c(C)c1. The Morgan fingerprint density at radius 3 is 2.23 bits per heavy atom. The maximum Gasteiger partial charge on any atom is 0.242 e. The van der Waals surface area contributed by atoms with Gasteiger partial charge in [-0.1, -0.05) is 54.4 Å². The van der Waals surface area contributed by atoms with Crippen LogP contribution in [0.15, 0.2) is 36.4 Å². The summed E-state index contributed by atoms with van der Waals surface area (Å²) in [5.74, 6) is -0.283. The van der Waals surface area contributed by atoms with Crippen molar-refractivity contribution in [3.05, 3.63) is 68.7 Å². The minimum Gasteiger partial charge on any atom is -0.352 e. The number of benzene rings is 2. The van der Waals surface area contributed by atoms with E-state index in [-0.39, 0.29) is 30.8 Å². The summed E-state index contributed by atoms with van der Waals surface area (Å²) in [5.41, 5.74) is 4.07. The van der Waals surface area contributed by atoms with E-state index in [1.54, 1.807) is 24.0 Å². The minimum atomic E-state index is -0.618. The normalized spacial score (nSPS) is 12.9. The molecule has 0 saturated carbocycles. The molecule has 6 heteroatoms. The third-order valence-corrected chi connectivity index (χ3v) is 6.17. The van der Waals surface area contributed by atoms with Crippen LogP contribution in [0, 0.1) is 13.8 Å². The molecule has 0 aliphatic carbocycles. The zero-order valence-electron chi connectivity index (χ0n) is 18.3. The second-order valence-electron chi connectivity index (χ2n) is 7.86. The van der Waals surface area contributed by atoms with Crippen LogP contribution < -0.4 is 5.32 Å². The number of nitrogens with one attached hydrogen (secondary N) is 1. The second kappa shape index (κ2) is 10.8. The molecule has 0 radical (unpaired) electrons.